The van der Waals surface area contributed by atoms with Crippen molar-refractivity contribution >= 4 is 17.5 Å². The van der Waals surface area contributed by atoms with E-state index >= 15 is 0 Å². The van der Waals surface area contributed by atoms with Crippen LogP contribution in [0.1, 0.15) is 10.5 Å². The molecule has 0 aliphatic carbocycles. The molecule has 1 aromatic rings. The van der Waals surface area contributed by atoms with Gasteiger partial charge in [-0.25, -0.2) is 0 Å². The second-order valence-electron chi connectivity index (χ2n) is 2.72. The number of nitrogen functional groups attached to an aromatic ring is 1. The molecule has 2 amide bonds. The molecule has 7 nitrogen and oxygen atoms in total. The lowest BCUT2D eigenvalue weighted by molar-refractivity contribution is -0.117. The zero-order chi connectivity index (χ0) is 10.7. The number of aryl methyl sites for hydroxylation is 1. The number of amides is 2. The molecule has 0 spiro atoms. The minimum Gasteiger partial charge on any atom is -0.396 e. The van der Waals surface area contributed by atoms with Crippen molar-refractivity contribution in [2.75, 3.05) is 12.3 Å². The Morgan fingerprint density at radius 1 is 1.64 bits per heavy atom. The highest BCUT2D eigenvalue weighted by Gasteiger charge is 2.14. The van der Waals surface area contributed by atoms with Crippen LogP contribution in [-0.2, 0) is 11.8 Å². The Hall–Kier alpha value is -2.05. The summed E-state index contributed by atoms with van der Waals surface area (Å²) in [5, 5.41) is 6.09. The Labute approximate surface area is 80.1 Å². The summed E-state index contributed by atoms with van der Waals surface area (Å²) in [7, 11) is 1.58. The van der Waals surface area contributed by atoms with E-state index < -0.39 is 11.8 Å². The predicted molar refractivity (Wildman–Crippen MR) is 49.1 cm³/mol. The molecular formula is C7H11N5O2. The van der Waals surface area contributed by atoms with Crippen molar-refractivity contribution in [3.63, 3.8) is 0 Å². The van der Waals surface area contributed by atoms with Gasteiger partial charge < -0.3 is 16.8 Å². The van der Waals surface area contributed by atoms with Crippen LogP contribution in [0.25, 0.3) is 0 Å². The summed E-state index contributed by atoms with van der Waals surface area (Å²) in [6.07, 6.45) is 1.36. The molecule has 1 rings (SSSR count). The maximum atomic E-state index is 11.4. The topological polar surface area (TPSA) is 116 Å². The Morgan fingerprint density at radius 2 is 2.29 bits per heavy atom. The van der Waals surface area contributed by atoms with E-state index in [-0.39, 0.29) is 17.9 Å². The van der Waals surface area contributed by atoms with Gasteiger partial charge in [0, 0.05) is 7.05 Å². The van der Waals surface area contributed by atoms with Crippen molar-refractivity contribution in [1.82, 2.24) is 15.1 Å². The van der Waals surface area contributed by atoms with Gasteiger partial charge >= 0.3 is 0 Å². The van der Waals surface area contributed by atoms with Gasteiger partial charge in [-0.3, -0.25) is 14.3 Å². The Bertz CT molecular complexity index is 351. The fourth-order valence-electron chi connectivity index (χ4n) is 0.984. The van der Waals surface area contributed by atoms with Crippen LogP contribution in [0.15, 0.2) is 6.20 Å². The Balaban J connectivity index is 2.74. The smallest absolute Gasteiger partial charge is 0.272 e. The number of anilines is 1. The second-order valence-corrected chi connectivity index (χ2v) is 2.72. The molecule has 0 aliphatic rings. The number of carbonyl (C=O) groups is 2. The van der Waals surface area contributed by atoms with Gasteiger partial charge in [-0.2, -0.15) is 5.10 Å². The highest BCUT2D eigenvalue weighted by molar-refractivity contribution is 5.98. The second kappa shape index (κ2) is 3.77. The van der Waals surface area contributed by atoms with E-state index in [9.17, 15) is 9.59 Å². The number of aromatic nitrogens is 2. The van der Waals surface area contributed by atoms with E-state index in [1.165, 1.54) is 10.9 Å². The lowest BCUT2D eigenvalue weighted by atomic mass is 10.3. The van der Waals surface area contributed by atoms with E-state index in [4.69, 9.17) is 11.5 Å². The van der Waals surface area contributed by atoms with Crippen molar-refractivity contribution in [3.8, 4) is 0 Å². The molecule has 0 aliphatic heterocycles. The van der Waals surface area contributed by atoms with E-state index in [1.54, 1.807) is 7.05 Å². The zero-order valence-electron chi connectivity index (χ0n) is 7.65. The van der Waals surface area contributed by atoms with E-state index in [0.717, 1.165) is 0 Å². The maximum absolute atomic E-state index is 11.4. The quantitative estimate of drug-likeness (QED) is 0.531. The summed E-state index contributed by atoms with van der Waals surface area (Å²) >= 11 is 0. The molecule has 14 heavy (non-hydrogen) atoms. The van der Waals surface area contributed by atoms with Crippen LogP contribution in [0.2, 0.25) is 0 Å². The molecule has 0 bridgehead atoms. The molecule has 0 radical (unpaired) electrons. The average Bonchev–Trinajstić information content (AvgIpc) is 2.42. The number of rotatable bonds is 3. The fourth-order valence-corrected chi connectivity index (χ4v) is 0.984. The maximum Gasteiger partial charge on any atom is 0.272 e. The van der Waals surface area contributed by atoms with Crippen LogP contribution < -0.4 is 16.8 Å². The molecule has 7 heteroatoms. The standard InChI is InChI=1S/C7H11N5O2/c1-12-6(4(8)2-11-12)7(14)10-3-5(9)13/h2H,3,8H2,1H3,(H2,9,13)(H,10,14). The molecule has 0 unspecified atom stereocenters. The Kier molecular flexibility index (Phi) is 2.70. The number of nitrogens with two attached hydrogens (primary N) is 2. The van der Waals surface area contributed by atoms with Gasteiger partial charge in [-0.1, -0.05) is 0 Å². The number of primary amides is 1. The number of carbonyl (C=O) groups excluding carboxylic acids is 2. The summed E-state index contributed by atoms with van der Waals surface area (Å²) in [4.78, 5) is 21.8. The van der Waals surface area contributed by atoms with E-state index in [0.29, 0.717) is 0 Å². The number of hydrogen-bond donors (Lipinski definition) is 3. The fraction of sp³-hybridized carbons (Fsp3) is 0.286. The largest absolute Gasteiger partial charge is 0.396 e. The summed E-state index contributed by atoms with van der Waals surface area (Å²) in [5.74, 6) is -1.08. The molecular weight excluding hydrogens is 186 g/mol. The van der Waals surface area contributed by atoms with Crippen molar-refractivity contribution < 1.29 is 9.59 Å². The van der Waals surface area contributed by atoms with Crippen molar-refractivity contribution in [2.45, 2.75) is 0 Å². The Morgan fingerprint density at radius 3 is 2.71 bits per heavy atom. The minimum atomic E-state index is -0.612. The molecule has 1 aromatic heterocycles. The van der Waals surface area contributed by atoms with Crippen LogP contribution >= 0.6 is 0 Å². The third-order valence-corrected chi connectivity index (χ3v) is 1.61. The predicted octanol–water partition coefficient (Wildman–Crippen LogP) is -1.78. The average molecular weight is 197 g/mol. The summed E-state index contributed by atoms with van der Waals surface area (Å²) < 4.78 is 1.33. The lowest BCUT2D eigenvalue weighted by Gasteiger charge is -2.03. The SMILES string of the molecule is Cn1ncc(N)c1C(=O)NCC(N)=O. The highest BCUT2D eigenvalue weighted by Crippen LogP contribution is 2.07. The minimum absolute atomic E-state index is 0.214. The summed E-state index contributed by atoms with van der Waals surface area (Å²) in [5.41, 5.74) is 10.8. The lowest BCUT2D eigenvalue weighted by Crippen LogP contribution is -2.34. The van der Waals surface area contributed by atoms with Gasteiger partial charge in [-0.05, 0) is 0 Å². The van der Waals surface area contributed by atoms with Gasteiger partial charge in [-0.15, -0.1) is 0 Å². The number of nitrogens with one attached hydrogen (secondary N) is 1. The zero-order valence-corrected chi connectivity index (χ0v) is 7.65. The van der Waals surface area contributed by atoms with Crippen LogP contribution in [0.3, 0.4) is 0 Å². The molecule has 0 saturated carbocycles. The van der Waals surface area contributed by atoms with Gasteiger partial charge in [0.25, 0.3) is 5.91 Å². The number of hydrogen-bond acceptors (Lipinski definition) is 4. The van der Waals surface area contributed by atoms with Gasteiger partial charge in [0.15, 0.2) is 0 Å². The van der Waals surface area contributed by atoms with E-state index in [2.05, 4.69) is 10.4 Å². The van der Waals surface area contributed by atoms with Crippen LogP contribution in [-0.4, -0.2) is 28.1 Å². The van der Waals surface area contributed by atoms with Gasteiger partial charge in [0.2, 0.25) is 5.91 Å². The van der Waals surface area contributed by atoms with Crippen LogP contribution in [0, 0.1) is 0 Å². The van der Waals surface area contributed by atoms with E-state index in [1.807, 2.05) is 0 Å². The van der Waals surface area contributed by atoms with Gasteiger partial charge in [0.1, 0.15) is 5.69 Å². The molecule has 5 N–H and O–H groups in total. The number of nitrogens with zero attached hydrogens (tertiary/aromatic N) is 2. The first-order chi connectivity index (χ1) is 6.52. The summed E-state index contributed by atoms with van der Waals surface area (Å²) in [6, 6.07) is 0. The van der Waals surface area contributed by atoms with Crippen LogP contribution in [0.5, 0.6) is 0 Å². The van der Waals surface area contributed by atoms with Crippen molar-refractivity contribution in [2.24, 2.45) is 12.8 Å². The molecule has 0 aromatic carbocycles. The molecule has 0 saturated heterocycles. The normalized spacial score (nSPS) is 9.79. The van der Waals surface area contributed by atoms with Crippen LogP contribution in [0.4, 0.5) is 5.69 Å². The monoisotopic (exact) mass is 197 g/mol. The first-order valence-electron chi connectivity index (χ1n) is 3.86. The van der Waals surface area contributed by atoms with Crippen molar-refractivity contribution in [1.29, 1.82) is 0 Å². The first-order valence-corrected chi connectivity index (χ1v) is 3.86. The molecule has 0 fully saturated rings. The molecule has 1 heterocycles. The third kappa shape index (κ3) is 2.00. The molecule has 76 valence electrons. The van der Waals surface area contributed by atoms with Gasteiger partial charge in [0.05, 0.1) is 18.4 Å². The first kappa shape index (κ1) is 10.0. The van der Waals surface area contributed by atoms with Crippen molar-refractivity contribution in [3.05, 3.63) is 11.9 Å². The molecule has 0 atom stereocenters. The summed E-state index contributed by atoms with van der Waals surface area (Å²) in [6.45, 7) is -0.219. The third-order valence-electron chi connectivity index (χ3n) is 1.61. The highest BCUT2D eigenvalue weighted by atomic mass is 16.2.